The molecule has 0 bridgehead atoms. The molecule has 0 spiro atoms. The summed E-state index contributed by atoms with van der Waals surface area (Å²) in [5.41, 5.74) is -0.529. The van der Waals surface area contributed by atoms with Gasteiger partial charge in [-0.05, 0) is 12.0 Å². The van der Waals surface area contributed by atoms with Crippen LogP contribution in [0.15, 0.2) is 43.0 Å². The highest BCUT2D eigenvalue weighted by Crippen LogP contribution is 2.29. The highest BCUT2D eigenvalue weighted by atomic mass is 16.3. The molecule has 1 aromatic carbocycles. The number of hydrogen-bond donors (Lipinski definition) is 2. The van der Waals surface area contributed by atoms with Crippen molar-refractivity contribution in [3.8, 4) is 0 Å². The molecule has 2 heteroatoms. The van der Waals surface area contributed by atoms with Gasteiger partial charge in [-0.2, -0.15) is 0 Å². The molecule has 0 fully saturated rings. The zero-order chi connectivity index (χ0) is 10.6. The molecule has 0 aliphatic carbocycles. The minimum atomic E-state index is -1.23. The van der Waals surface area contributed by atoms with E-state index < -0.39 is 11.7 Å². The van der Waals surface area contributed by atoms with Gasteiger partial charge in [0, 0.05) is 0 Å². The van der Waals surface area contributed by atoms with E-state index >= 15 is 0 Å². The second-order valence-electron chi connectivity index (χ2n) is 3.36. The number of rotatable bonds is 4. The quantitative estimate of drug-likeness (QED) is 0.717. The molecule has 14 heavy (non-hydrogen) atoms. The molecule has 0 heterocycles. The van der Waals surface area contributed by atoms with Gasteiger partial charge in [0.1, 0.15) is 11.7 Å². The van der Waals surface area contributed by atoms with Crippen LogP contribution in [-0.4, -0.2) is 15.8 Å². The second-order valence-corrected chi connectivity index (χ2v) is 3.36. The highest BCUT2D eigenvalue weighted by Gasteiger charge is 2.31. The molecule has 0 saturated heterocycles. The van der Waals surface area contributed by atoms with Crippen LogP contribution in [0.1, 0.15) is 25.0 Å². The topological polar surface area (TPSA) is 40.5 Å². The lowest BCUT2D eigenvalue weighted by atomic mass is 9.89. The van der Waals surface area contributed by atoms with E-state index in [0.29, 0.717) is 12.0 Å². The summed E-state index contributed by atoms with van der Waals surface area (Å²) in [6, 6.07) is 9.11. The second kappa shape index (κ2) is 4.40. The largest absolute Gasteiger partial charge is 0.385 e. The van der Waals surface area contributed by atoms with E-state index in [2.05, 4.69) is 6.58 Å². The van der Waals surface area contributed by atoms with Crippen LogP contribution in [0, 0.1) is 0 Å². The predicted octanol–water partition coefficient (Wildman–Crippen LogP) is 2.05. The van der Waals surface area contributed by atoms with Gasteiger partial charge in [-0.1, -0.05) is 43.3 Å². The molecule has 0 aliphatic heterocycles. The summed E-state index contributed by atoms with van der Waals surface area (Å²) < 4.78 is 0. The third-order valence-electron chi connectivity index (χ3n) is 2.51. The lowest BCUT2D eigenvalue weighted by Gasteiger charge is -2.28. The SMILES string of the molecule is C=CC(O)(CC)C(O)c1ccccc1. The molecule has 0 amide bonds. The molecule has 0 aliphatic rings. The van der Waals surface area contributed by atoms with Crippen LogP contribution in [0.5, 0.6) is 0 Å². The summed E-state index contributed by atoms with van der Waals surface area (Å²) in [7, 11) is 0. The number of aliphatic hydroxyl groups excluding tert-OH is 1. The number of hydrogen-bond acceptors (Lipinski definition) is 2. The van der Waals surface area contributed by atoms with Gasteiger partial charge in [-0.25, -0.2) is 0 Å². The molecule has 2 N–H and O–H groups in total. The first-order valence-electron chi connectivity index (χ1n) is 4.73. The molecule has 2 atom stereocenters. The van der Waals surface area contributed by atoms with Crippen LogP contribution in [0.3, 0.4) is 0 Å². The smallest absolute Gasteiger partial charge is 0.112 e. The van der Waals surface area contributed by atoms with Gasteiger partial charge in [0.2, 0.25) is 0 Å². The molecule has 2 nitrogen and oxygen atoms in total. The molecule has 1 aromatic rings. The summed E-state index contributed by atoms with van der Waals surface area (Å²) >= 11 is 0. The van der Waals surface area contributed by atoms with Gasteiger partial charge >= 0.3 is 0 Å². The molecule has 0 aromatic heterocycles. The maximum Gasteiger partial charge on any atom is 0.112 e. The zero-order valence-corrected chi connectivity index (χ0v) is 8.35. The standard InChI is InChI=1S/C12H16O2/c1-3-12(14,4-2)11(13)10-8-6-5-7-9-10/h3,5-9,11,13-14H,1,4H2,2H3. The summed E-state index contributed by atoms with van der Waals surface area (Å²) in [5.74, 6) is 0. The van der Waals surface area contributed by atoms with E-state index in [1.807, 2.05) is 25.1 Å². The first-order chi connectivity index (χ1) is 6.64. The Hall–Kier alpha value is -1.12. The zero-order valence-electron chi connectivity index (χ0n) is 8.35. The average Bonchev–Trinajstić information content (AvgIpc) is 2.28. The molecule has 2 unspecified atom stereocenters. The summed E-state index contributed by atoms with van der Waals surface area (Å²) in [5, 5.41) is 19.9. The van der Waals surface area contributed by atoms with E-state index in [4.69, 9.17) is 0 Å². The fraction of sp³-hybridized carbons (Fsp3) is 0.333. The Balaban J connectivity index is 2.94. The van der Waals surface area contributed by atoms with Crippen molar-refractivity contribution in [3.05, 3.63) is 48.6 Å². The summed E-state index contributed by atoms with van der Waals surface area (Å²) in [6.45, 7) is 5.35. The number of aliphatic hydroxyl groups is 2. The van der Waals surface area contributed by atoms with E-state index in [-0.39, 0.29) is 0 Å². The summed E-state index contributed by atoms with van der Waals surface area (Å²) in [4.78, 5) is 0. The van der Waals surface area contributed by atoms with E-state index in [9.17, 15) is 10.2 Å². The van der Waals surface area contributed by atoms with Crippen LogP contribution in [0.4, 0.5) is 0 Å². The molecule has 0 radical (unpaired) electrons. The summed E-state index contributed by atoms with van der Waals surface area (Å²) in [6.07, 6.45) is 0.920. The Labute approximate surface area is 84.5 Å². The molecule has 0 saturated carbocycles. The third-order valence-corrected chi connectivity index (χ3v) is 2.51. The van der Waals surface area contributed by atoms with Crippen molar-refractivity contribution >= 4 is 0 Å². The highest BCUT2D eigenvalue weighted by molar-refractivity contribution is 5.22. The van der Waals surface area contributed by atoms with E-state index in [0.717, 1.165) is 0 Å². The van der Waals surface area contributed by atoms with Crippen molar-refractivity contribution in [2.24, 2.45) is 0 Å². The number of benzene rings is 1. The van der Waals surface area contributed by atoms with Crippen LogP contribution in [-0.2, 0) is 0 Å². The van der Waals surface area contributed by atoms with Gasteiger partial charge in [0.25, 0.3) is 0 Å². The minimum Gasteiger partial charge on any atom is -0.385 e. The normalized spacial score (nSPS) is 17.1. The van der Waals surface area contributed by atoms with Crippen molar-refractivity contribution < 1.29 is 10.2 Å². The lowest BCUT2D eigenvalue weighted by molar-refractivity contribution is -0.0433. The molecular formula is C12H16O2. The minimum absolute atomic E-state index is 0.437. The van der Waals surface area contributed by atoms with Crippen molar-refractivity contribution in [3.63, 3.8) is 0 Å². The predicted molar refractivity (Wildman–Crippen MR) is 56.8 cm³/mol. The van der Waals surface area contributed by atoms with Crippen molar-refractivity contribution in [2.75, 3.05) is 0 Å². The van der Waals surface area contributed by atoms with Crippen molar-refractivity contribution in [2.45, 2.75) is 25.0 Å². The maximum atomic E-state index is 9.98. The van der Waals surface area contributed by atoms with Crippen LogP contribution < -0.4 is 0 Å². The Morgan fingerprint density at radius 2 is 2.00 bits per heavy atom. The third kappa shape index (κ3) is 2.03. The van der Waals surface area contributed by atoms with Gasteiger partial charge < -0.3 is 10.2 Å². The Morgan fingerprint density at radius 1 is 1.43 bits per heavy atom. The monoisotopic (exact) mass is 192 g/mol. The fourth-order valence-electron chi connectivity index (χ4n) is 1.37. The van der Waals surface area contributed by atoms with Crippen LogP contribution in [0.2, 0.25) is 0 Å². The average molecular weight is 192 g/mol. The molecule has 1 rings (SSSR count). The first kappa shape index (κ1) is 11.0. The van der Waals surface area contributed by atoms with Gasteiger partial charge in [-0.15, -0.1) is 6.58 Å². The van der Waals surface area contributed by atoms with Crippen LogP contribution in [0.25, 0.3) is 0 Å². The first-order valence-corrected chi connectivity index (χ1v) is 4.73. The lowest BCUT2D eigenvalue weighted by Crippen LogP contribution is -2.33. The fourth-order valence-corrected chi connectivity index (χ4v) is 1.37. The van der Waals surface area contributed by atoms with Crippen molar-refractivity contribution in [1.82, 2.24) is 0 Å². The van der Waals surface area contributed by atoms with Gasteiger partial charge in [0.05, 0.1) is 0 Å². The van der Waals surface area contributed by atoms with Crippen molar-refractivity contribution in [1.29, 1.82) is 0 Å². The maximum absolute atomic E-state index is 9.98. The van der Waals surface area contributed by atoms with Gasteiger partial charge in [-0.3, -0.25) is 0 Å². The molecule has 76 valence electrons. The molecular weight excluding hydrogens is 176 g/mol. The van der Waals surface area contributed by atoms with Crippen LogP contribution >= 0.6 is 0 Å². The van der Waals surface area contributed by atoms with Gasteiger partial charge in [0.15, 0.2) is 0 Å². The van der Waals surface area contributed by atoms with E-state index in [1.165, 1.54) is 6.08 Å². The Morgan fingerprint density at radius 3 is 2.43 bits per heavy atom. The van der Waals surface area contributed by atoms with E-state index in [1.54, 1.807) is 12.1 Å². The Kier molecular flexibility index (Phi) is 3.44. The Bertz CT molecular complexity index is 294.